The molecule has 3 aliphatic rings. The molecule has 2 heterocycles. The highest BCUT2D eigenvalue weighted by molar-refractivity contribution is 7.87. The number of benzene rings is 1. The van der Waals surface area contributed by atoms with Crippen LogP contribution in [0, 0.1) is 18.3 Å². The van der Waals surface area contributed by atoms with Crippen LogP contribution < -0.4 is 0 Å². The first kappa shape index (κ1) is 23.0. The SMILES string of the molecule is COC1=CC(=O)[C@]2(C)CC=C3CO[C@@H](c4ccoc4)CC[C@@H]3[C@]2([S@@](=O)c2ccc(C)cc2)C1=O. The molecule has 1 aromatic heterocycles. The van der Waals surface area contributed by atoms with Crippen LogP contribution in [0.4, 0.5) is 0 Å². The first-order valence-corrected chi connectivity index (χ1v) is 12.6. The Morgan fingerprint density at radius 2 is 1.88 bits per heavy atom. The maximum absolute atomic E-state index is 14.5. The standard InChI is InChI=1S/C27H28O6S/c1-17-4-6-20(7-5-17)34(30)27-21-8-9-22(19-11-13-32-15-19)33-16-18(21)10-12-26(27,2)24(28)14-23(31-3)25(27)29/h4-7,10-11,13-15,21-22H,8-9,12,16H2,1-3H3/t21-,22+,26-,27-,34-/m0/s1. The Morgan fingerprint density at radius 1 is 1.12 bits per heavy atom. The van der Waals surface area contributed by atoms with Crippen molar-refractivity contribution in [2.75, 3.05) is 13.7 Å². The summed E-state index contributed by atoms with van der Waals surface area (Å²) in [5.74, 6) is -1.05. The fourth-order valence-electron chi connectivity index (χ4n) is 5.78. The molecular weight excluding hydrogens is 452 g/mol. The number of hydrogen-bond donors (Lipinski definition) is 0. The zero-order chi connectivity index (χ0) is 24.1. The summed E-state index contributed by atoms with van der Waals surface area (Å²) in [4.78, 5) is 28.3. The average molecular weight is 481 g/mol. The number of fused-ring (bicyclic) bond motifs is 3. The molecule has 1 aromatic carbocycles. The van der Waals surface area contributed by atoms with E-state index in [1.165, 1.54) is 13.2 Å². The number of carbonyl (C=O) groups excluding carboxylic acids is 2. The monoisotopic (exact) mass is 480 g/mol. The number of carbonyl (C=O) groups is 2. The van der Waals surface area contributed by atoms with Gasteiger partial charge in [-0.2, -0.15) is 0 Å². The highest BCUT2D eigenvalue weighted by Gasteiger charge is 2.69. The van der Waals surface area contributed by atoms with Gasteiger partial charge in [-0.25, -0.2) is 0 Å². The van der Waals surface area contributed by atoms with Crippen molar-refractivity contribution in [3.05, 3.63) is 77.5 Å². The zero-order valence-electron chi connectivity index (χ0n) is 19.5. The molecule has 1 fully saturated rings. The largest absolute Gasteiger partial charge is 0.493 e. The lowest BCUT2D eigenvalue weighted by Gasteiger charge is -2.53. The number of rotatable bonds is 4. The van der Waals surface area contributed by atoms with Gasteiger partial charge < -0.3 is 13.9 Å². The van der Waals surface area contributed by atoms with E-state index in [1.807, 2.05) is 31.2 Å². The van der Waals surface area contributed by atoms with Crippen LogP contribution >= 0.6 is 0 Å². The summed E-state index contributed by atoms with van der Waals surface area (Å²) in [5.41, 5.74) is 1.71. The molecule has 0 radical (unpaired) electrons. The molecule has 5 atom stereocenters. The van der Waals surface area contributed by atoms with Gasteiger partial charge in [0.15, 0.2) is 11.5 Å². The summed E-state index contributed by atoms with van der Waals surface area (Å²) in [5, 5.41) is 0. The first-order chi connectivity index (χ1) is 16.3. The highest BCUT2D eigenvalue weighted by atomic mass is 32.2. The van der Waals surface area contributed by atoms with Crippen molar-refractivity contribution in [3.63, 3.8) is 0 Å². The third-order valence-electron chi connectivity index (χ3n) is 7.73. The van der Waals surface area contributed by atoms with Gasteiger partial charge >= 0.3 is 0 Å². The molecule has 34 heavy (non-hydrogen) atoms. The van der Waals surface area contributed by atoms with E-state index in [9.17, 15) is 13.8 Å². The second-order valence-corrected chi connectivity index (χ2v) is 11.2. The molecule has 0 amide bonds. The van der Waals surface area contributed by atoms with E-state index >= 15 is 0 Å². The van der Waals surface area contributed by atoms with Crippen LogP contribution in [0.2, 0.25) is 0 Å². The Bertz CT molecular complexity index is 1210. The van der Waals surface area contributed by atoms with Gasteiger partial charge in [0.1, 0.15) is 4.75 Å². The Labute approximate surface area is 201 Å². The maximum Gasteiger partial charge on any atom is 0.218 e. The Kier molecular flexibility index (Phi) is 5.73. The summed E-state index contributed by atoms with van der Waals surface area (Å²) in [6.07, 6.45) is 7.85. The van der Waals surface area contributed by atoms with Crippen molar-refractivity contribution in [1.82, 2.24) is 0 Å². The van der Waals surface area contributed by atoms with Gasteiger partial charge in [-0.05, 0) is 50.0 Å². The van der Waals surface area contributed by atoms with Gasteiger partial charge in [-0.3, -0.25) is 13.8 Å². The van der Waals surface area contributed by atoms with Crippen LogP contribution in [0.1, 0.15) is 43.4 Å². The molecular formula is C27H28O6S. The first-order valence-electron chi connectivity index (χ1n) is 11.5. The van der Waals surface area contributed by atoms with Crippen molar-refractivity contribution < 1.29 is 27.7 Å². The molecule has 2 aliphatic carbocycles. The summed E-state index contributed by atoms with van der Waals surface area (Å²) in [6.45, 7) is 4.04. The molecule has 5 rings (SSSR count). The number of allylic oxidation sites excluding steroid dienone is 3. The van der Waals surface area contributed by atoms with Gasteiger partial charge in [0.25, 0.3) is 0 Å². The second-order valence-electron chi connectivity index (χ2n) is 9.53. The molecule has 0 unspecified atom stereocenters. The van der Waals surface area contributed by atoms with Crippen molar-refractivity contribution in [2.24, 2.45) is 11.3 Å². The normalized spacial score (nSPS) is 32.1. The van der Waals surface area contributed by atoms with Gasteiger partial charge in [0.2, 0.25) is 5.78 Å². The Hall–Kier alpha value is -2.77. The molecule has 7 heteroatoms. The van der Waals surface area contributed by atoms with Crippen molar-refractivity contribution in [1.29, 1.82) is 0 Å². The van der Waals surface area contributed by atoms with Gasteiger partial charge in [0.05, 0.1) is 48.6 Å². The topological polar surface area (TPSA) is 82.8 Å². The Balaban J connectivity index is 1.68. The number of ether oxygens (including phenoxy) is 2. The lowest BCUT2D eigenvalue weighted by molar-refractivity contribution is -0.138. The van der Waals surface area contributed by atoms with E-state index in [0.29, 0.717) is 30.8 Å². The van der Waals surface area contributed by atoms with E-state index in [2.05, 4.69) is 0 Å². The number of aryl methyl sites for hydroxylation is 1. The third-order valence-corrected chi connectivity index (χ3v) is 9.93. The summed E-state index contributed by atoms with van der Waals surface area (Å²) < 4.78 is 29.9. The molecule has 6 nitrogen and oxygen atoms in total. The Morgan fingerprint density at radius 3 is 2.56 bits per heavy atom. The predicted molar refractivity (Wildman–Crippen MR) is 126 cm³/mol. The molecule has 0 saturated carbocycles. The minimum absolute atomic E-state index is 0.0271. The van der Waals surface area contributed by atoms with Crippen LogP contribution in [0.25, 0.3) is 0 Å². The van der Waals surface area contributed by atoms with Crippen LogP contribution in [-0.2, 0) is 29.9 Å². The molecule has 178 valence electrons. The van der Waals surface area contributed by atoms with Gasteiger partial charge in [-0.15, -0.1) is 0 Å². The number of hydrogen-bond acceptors (Lipinski definition) is 6. The molecule has 1 saturated heterocycles. The second kappa shape index (κ2) is 8.47. The van der Waals surface area contributed by atoms with E-state index < -0.39 is 26.9 Å². The maximum atomic E-state index is 14.5. The quantitative estimate of drug-likeness (QED) is 0.594. The summed E-state index contributed by atoms with van der Waals surface area (Å²) in [7, 11) is -0.426. The van der Waals surface area contributed by atoms with Crippen molar-refractivity contribution in [3.8, 4) is 0 Å². The van der Waals surface area contributed by atoms with E-state index in [0.717, 1.165) is 16.7 Å². The smallest absolute Gasteiger partial charge is 0.218 e. The van der Waals surface area contributed by atoms with Crippen molar-refractivity contribution >= 4 is 22.4 Å². The predicted octanol–water partition coefficient (Wildman–Crippen LogP) is 4.62. The average Bonchev–Trinajstić information content (AvgIpc) is 3.28. The highest BCUT2D eigenvalue weighted by Crippen LogP contribution is 2.58. The van der Waals surface area contributed by atoms with Crippen LogP contribution in [0.5, 0.6) is 0 Å². The molecule has 0 N–H and O–H groups in total. The van der Waals surface area contributed by atoms with Gasteiger partial charge in [0, 0.05) is 22.5 Å². The lowest BCUT2D eigenvalue weighted by atomic mass is 9.55. The third kappa shape index (κ3) is 3.21. The van der Waals surface area contributed by atoms with Crippen LogP contribution in [0.3, 0.4) is 0 Å². The minimum atomic E-state index is -1.81. The summed E-state index contributed by atoms with van der Waals surface area (Å²) >= 11 is 0. The molecule has 0 spiro atoms. The van der Waals surface area contributed by atoms with Crippen LogP contribution in [0.15, 0.2) is 75.7 Å². The van der Waals surface area contributed by atoms with Crippen molar-refractivity contribution in [2.45, 2.75) is 48.9 Å². The number of ketones is 2. The number of methoxy groups -OCH3 is 1. The van der Waals surface area contributed by atoms with Gasteiger partial charge in [-0.1, -0.05) is 30.7 Å². The molecule has 1 aliphatic heterocycles. The van der Waals surface area contributed by atoms with E-state index in [1.54, 1.807) is 31.6 Å². The minimum Gasteiger partial charge on any atom is -0.493 e. The zero-order valence-corrected chi connectivity index (χ0v) is 20.4. The fraction of sp³-hybridized carbons (Fsp3) is 0.407. The number of furan rings is 1. The lowest BCUT2D eigenvalue weighted by Crippen LogP contribution is -2.67. The molecule has 2 aromatic rings. The fourth-order valence-corrected chi connectivity index (χ4v) is 7.92. The molecule has 0 bridgehead atoms. The number of Topliss-reactive ketones (excluding diaryl/α,β-unsaturated/α-hetero) is 1. The summed E-state index contributed by atoms with van der Waals surface area (Å²) in [6, 6.07) is 9.23. The van der Waals surface area contributed by atoms with E-state index in [4.69, 9.17) is 13.9 Å². The van der Waals surface area contributed by atoms with Crippen LogP contribution in [-0.4, -0.2) is 34.2 Å². The van der Waals surface area contributed by atoms with E-state index in [-0.39, 0.29) is 23.4 Å².